The molecule has 1 unspecified atom stereocenters. The van der Waals surface area contributed by atoms with Crippen molar-refractivity contribution in [3.8, 4) is 0 Å². The number of rotatable bonds is 22. The first-order valence-electron chi connectivity index (χ1n) is 13.4. The van der Waals surface area contributed by atoms with Gasteiger partial charge in [0, 0.05) is 0 Å². The number of nitrogens with zero attached hydrogens (tertiary/aromatic N) is 1. The quantitative estimate of drug-likeness (QED) is 0.126. The highest BCUT2D eigenvalue weighted by atomic mass is 15.3. The van der Waals surface area contributed by atoms with Crippen LogP contribution in [0.5, 0.6) is 0 Å². The standard InChI is InChI=1S/C27H58N/c1-6-8-10-12-14-16-17-18-19-21-23-25-27(3)28(4,5)26-24-22-20-15-13-11-9-7-2/h27H,6-26H2,1-5H3/q+1. The Balaban J connectivity index is 3.49. The van der Waals surface area contributed by atoms with Crippen LogP contribution in [-0.2, 0) is 0 Å². The predicted octanol–water partition coefficient (Wildman–Crippen LogP) is 9.29. The Labute approximate surface area is 180 Å². The second-order valence-electron chi connectivity index (χ2n) is 10.2. The van der Waals surface area contributed by atoms with Crippen LogP contribution in [0.2, 0.25) is 0 Å². The Hall–Kier alpha value is -0.0400. The largest absolute Gasteiger partial charge is 0.326 e. The van der Waals surface area contributed by atoms with Gasteiger partial charge in [-0.05, 0) is 32.6 Å². The Morgan fingerprint density at radius 2 is 0.786 bits per heavy atom. The van der Waals surface area contributed by atoms with Gasteiger partial charge in [-0.25, -0.2) is 0 Å². The monoisotopic (exact) mass is 396 g/mol. The zero-order valence-corrected chi connectivity index (χ0v) is 20.9. The average Bonchev–Trinajstić information content (AvgIpc) is 2.68. The lowest BCUT2D eigenvalue weighted by molar-refractivity contribution is -0.913. The first-order chi connectivity index (χ1) is 13.5. The molecule has 28 heavy (non-hydrogen) atoms. The van der Waals surface area contributed by atoms with Crippen LogP contribution in [0.1, 0.15) is 149 Å². The molecule has 170 valence electrons. The van der Waals surface area contributed by atoms with Crippen LogP contribution in [0.25, 0.3) is 0 Å². The minimum absolute atomic E-state index is 0.822. The molecule has 0 N–H and O–H groups in total. The van der Waals surface area contributed by atoms with E-state index in [1.807, 2.05) is 0 Å². The molecule has 0 aliphatic heterocycles. The van der Waals surface area contributed by atoms with Gasteiger partial charge in [0.05, 0.1) is 26.7 Å². The molecule has 1 atom stereocenters. The van der Waals surface area contributed by atoms with Crippen LogP contribution in [0.3, 0.4) is 0 Å². The van der Waals surface area contributed by atoms with E-state index in [1.54, 1.807) is 0 Å². The van der Waals surface area contributed by atoms with E-state index in [9.17, 15) is 0 Å². The molecule has 0 fully saturated rings. The molecule has 0 saturated carbocycles. The molecule has 0 radical (unpaired) electrons. The van der Waals surface area contributed by atoms with Gasteiger partial charge in [-0.2, -0.15) is 0 Å². The Kier molecular flexibility index (Phi) is 20.2. The first kappa shape index (κ1) is 28.0. The summed E-state index contributed by atoms with van der Waals surface area (Å²) in [6.45, 7) is 8.46. The van der Waals surface area contributed by atoms with E-state index in [0.29, 0.717) is 0 Å². The van der Waals surface area contributed by atoms with Crippen molar-refractivity contribution in [3.63, 3.8) is 0 Å². The molecule has 0 heterocycles. The van der Waals surface area contributed by atoms with Crippen molar-refractivity contribution < 1.29 is 4.48 Å². The van der Waals surface area contributed by atoms with E-state index in [0.717, 1.165) is 6.04 Å². The normalized spacial score (nSPS) is 13.2. The topological polar surface area (TPSA) is 0 Å². The van der Waals surface area contributed by atoms with Gasteiger partial charge in [-0.1, -0.05) is 117 Å². The number of unbranched alkanes of at least 4 members (excludes halogenated alkanes) is 17. The van der Waals surface area contributed by atoms with Crippen LogP contribution >= 0.6 is 0 Å². The third-order valence-corrected chi connectivity index (χ3v) is 7.01. The summed E-state index contributed by atoms with van der Waals surface area (Å²) in [5, 5.41) is 0. The number of quaternary nitrogens is 1. The third kappa shape index (κ3) is 18.0. The number of hydrogen-bond acceptors (Lipinski definition) is 0. The summed E-state index contributed by atoms with van der Waals surface area (Å²) in [4.78, 5) is 0. The molecule has 0 rings (SSSR count). The van der Waals surface area contributed by atoms with Crippen molar-refractivity contribution >= 4 is 0 Å². The van der Waals surface area contributed by atoms with E-state index in [4.69, 9.17) is 0 Å². The molecule has 0 aromatic rings. The first-order valence-corrected chi connectivity index (χ1v) is 13.4. The van der Waals surface area contributed by atoms with Gasteiger partial charge in [0.25, 0.3) is 0 Å². The lowest BCUT2D eigenvalue weighted by atomic mass is 10.0. The predicted molar refractivity (Wildman–Crippen MR) is 130 cm³/mol. The SMILES string of the molecule is CCCCCCCCCCCCCC(C)[N+](C)(C)CCCCCCCCCC. The molecule has 0 aliphatic rings. The van der Waals surface area contributed by atoms with Crippen molar-refractivity contribution in [2.75, 3.05) is 20.6 Å². The van der Waals surface area contributed by atoms with Gasteiger partial charge in [-0.3, -0.25) is 0 Å². The lowest BCUT2D eigenvalue weighted by Gasteiger charge is -2.36. The fourth-order valence-corrected chi connectivity index (χ4v) is 4.33. The Morgan fingerprint density at radius 3 is 1.18 bits per heavy atom. The summed E-state index contributed by atoms with van der Waals surface area (Å²) < 4.78 is 1.23. The summed E-state index contributed by atoms with van der Waals surface area (Å²) in [6, 6.07) is 0.822. The molecule has 0 aliphatic carbocycles. The van der Waals surface area contributed by atoms with Crippen molar-refractivity contribution in [2.45, 2.75) is 155 Å². The minimum atomic E-state index is 0.822. The van der Waals surface area contributed by atoms with E-state index in [1.165, 1.54) is 139 Å². The van der Waals surface area contributed by atoms with Gasteiger partial charge in [0.1, 0.15) is 0 Å². The smallest absolute Gasteiger partial charge is 0.0857 e. The summed E-state index contributed by atoms with van der Waals surface area (Å²) >= 11 is 0. The fourth-order valence-electron chi connectivity index (χ4n) is 4.33. The van der Waals surface area contributed by atoms with Crippen molar-refractivity contribution in [3.05, 3.63) is 0 Å². The minimum Gasteiger partial charge on any atom is -0.326 e. The zero-order valence-electron chi connectivity index (χ0n) is 20.9. The summed E-state index contributed by atoms with van der Waals surface area (Å²) in [7, 11) is 4.93. The lowest BCUT2D eigenvalue weighted by Crippen LogP contribution is -2.47. The maximum absolute atomic E-state index is 2.49. The molecule has 1 nitrogen and oxygen atoms in total. The highest BCUT2D eigenvalue weighted by Crippen LogP contribution is 2.18. The molecule has 0 saturated heterocycles. The van der Waals surface area contributed by atoms with Crippen LogP contribution in [-0.4, -0.2) is 31.2 Å². The van der Waals surface area contributed by atoms with E-state index in [-0.39, 0.29) is 0 Å². The molecular weight excluding hydrogens is 338 g/mol. The molecule has 0 aromatic heterocycles. The van der Waals surface area contributed by atoms with E-state index >= 15 is 0 Å². The van der Waals surface area contributed by atoms with Gasteiger partial charge < -0.3 is 4.48 Å². The number of hydrogen-bond donors (Lipinski definition) is 0. The summed E-state index contributed by atoms with van der Waals surface area (Å²) in [6.07, 6.45) is 28.9. The molecule has 0 aromatic carbocycles. The average molecular weight is 397 g/mol. The highest BCUT2D eigenvalue weighted by Gasteiger charge is 2.22. The van der Waals surface area contributed by atoms with Gasteiger partial charge in [0.2, 0.25) is 0 Å². The molecule has 0 bridgehead atoms. The summed E-state index contributed by atoms with van der Waals surface area (Å²) in [5.41, 5.74) is 0. The van der Waals surface area contributed by atoms with Crippen LogP contribution in [0, 0.1) is 0 Å². The molecule has 0 spiro atoms. The van der Waals surface area contributed by atoms with Gasteiger partial charge >= 0.3 is 0 Å². The highest BCUT2D eigenvalue weighted by molar-refractivity contribution is 4.55. The zero-order chi connectivity index (χ0) is 20.9. The Morgan fingerprint density at radius 1 is 0.464 bits per heavy atom. The maximum Gasteiger partial charge on any atom is 0.0857 e. The Bertz CT molecular complexity index is 297. The molecule has 0 amide bonds. The third-order valence-electron chi connectivity index (χ3n) is 7.01. The molecule has 1 heteroatoms. The van der Waals surface area contributed by atoms with Crippen molar-refractivity contribution in [1.82, 2.24) is 0 Å². The van der Waals surface area contributed by atoms with Crippen LogP contribution < -0.4 is 0 Å². The molecular formula is C27H58N+. The second-order valence-corrected chi connectivity index (χ2v) is 10.2. The van der Waals surface area contributed by atoms with Crippen molar-refractivity contribution in [1.29, 1.82) is 0 Å². The van der Waals surface area contributed by atoms with Crippen molar-refractivity contribution in [2.24, 2.45) is 0 Å². The van der Waals surface area contributed by atoms with Gasteiger partial charge in [0.15, 0.2) is 0 Å². The fraction of sp³-hybridized carbons (Fsp3) is 1.00. The second kappa shape index (κ2) is 20.2. The van der Waals surface area contributed by atoms with Gasteiger partial charge in [-0.15, -0.1) is 0 Å². The van der Waals surface area contributed by atoms with E-state index in [2.05, 4.69) is 34.9 Å². The van der Waals surface area contributed by atoms with Crippen LogP contribution in [0.4, 0.5) is 0 Å². The summed E-state index contributed by atoms with van der Waals surface area (Å²) in [5.74, 6) is 0. The van der Waals surface area contributed by atoms with E-state index < -0.39 is 0 Å². The van der Waals surface area contributed by atoms with Crippen LogP contribution in [0.15, 0.2) is 0 Å². The maximum atomic E-state index is 2.49.